The molecule has 6 nitrogen and oxygen atoms in total. The number of halogens is 1. The highest BCUT2D eigenvalue weighted by molar-refractivity contribution is 5.90. The van der Waals surface area contributed by atoms with Crippen molar-refractivity contribution in [2.24, 2.45) is 0 Å². The summed E-state index contributed by atoms with van der Waals surface area (Å²) in [5, 5.41) is 2.90. The minimum absolute atomic E-state index is 0.0624. The van der Waals surface area contributed by atoms with Crippen molar-refractivity contribution in [3.8, 4) is 5.75 Å². The van der Waals surface area contributed by atoms with E-state index in [-0.39, 0.29) is 11.7 Å². The second-order valence-electron chi connectivity index (χ2n) is 7.22. The van der Waals surface area contributed by atoms with Crippen molar-refractivity contribution in [3.05, 3.63) is 84.1 Å². The van der Waals surface area contributed by atoms with Gasteiger partial charge in [-0.2, -0.15) is 0 Å². The van der Waals surface area contributed by atoms with Gasteiger partial charge >= 0.3 is 0 Å². The first-order valence-corrected chi connectivity index (χ1v) is 10.1. The van der Waals surface area contributed by atoms with Crippen molar-refractivity contribution in [3.63, 3.8) is 0 Å². The molecule has 4 aromatic rings. The molecule has 2 heterocycles. The summed E-state index contributed by atoms with van der Waals surface area (Å²) >= 11 is 0. The van der Waals surface area contributed by atoms with Gasteiger partial charge in [0.2, 0.25) is 5.91 Å². The number of hydrogen-bond donors (Lipinski definition) is 1. The van der Waals surface area contributed by atoms with Crippen LogP contribution in [0.25, 0.3) is 11.2 Å². The molecule has 1 N–H and O–H groups in total. The highest BCUT2D eigenvalue weighted by atomic mass is 19.1. The molecule has 0 fully saturated rings. The number of fused-ring (bicyclic) bond motifs is 1. The fourth-order valence-corrected chi connectivity index (χ4v) is 3.47. The average molecular weight is 418 g/mol. The van der Waals surface area contributed by atoms with Gasteiger partial charge in [-0.25, -0.2) is 14.4 Å². The zero-order valence-electron chi connectivity index (χ0n) is 17.2. The summed E-state index contributed by atoms with van der Waals surface area (Å²) in [7, 11) is 1.59. The number of aryl methyl sites for hydroxylation is 1. The van der Waals surface area contributed by atoms with Crippen LogP contribution in [0, 0.1) is 5.82 Å². The van der Waals surface area contributed by atoms with Crippen LogP contribution in [-0.4, -0.2) is 27.6 Å². The van der Waals surface area contributed by atoms with Crippen molar-refractivity contribution < 1.29 is 13.9 Å². The lowest BCUT2D eigenvalue weighted by Gasteiger charge is -2.10. The van der Waals surface area contributed by atoms with Crippen LogP contribution in [-0.2, 0) is 17.8 Å². The Labute approximate surface area is 179 Å². The Hall–Kier alpha value is -3.74. The molecule has 0 saturated heterocycles. The number of rotatable bonds is 8. The maximum Gasteiger partial charge on any atom is 0.224 e. The summed E-state index contributed by atoms with van der Waals surface area (Å²) in [5.41, 5.74) is 3.25. The van der Waals surface area contributed by atoms with E-state index in [1.165, 1.54) is 12.1 Å². The van der Waals surface area contributed by atoms with Crippen molar-refractivity contribution in [1.29, 1.82) is 0 Å². The first-order valence-electron chi connectivity index (χ1n) is 10.1. The van der Waals surface area contributed by atoms with Gasteiger partial charge in [0.25, 0.3) is 0 Å². The molecule has 0 radical (unpaired) electrons. The lowest BCUT2D eigenvalue weighted by Crippen LogP contribution is -2.12. The molecule has 0 atom stereocenters. The smallest absolute Gasteiger partial charge is 0.224 e. The number of carbonyl (C=O) groups is 1. The van der Waals surface area contributed by atoms with E-state index in [2.05, 4.69) is 10.3 Å². The van der Waals surface area contributed by atoms with Gasteiger partial charge in [-0.3, -0.25) is 4.79 Å². The Morgan fingerprint density at radius 3 is 2.77 bits per heavy atom. The summed E-state index contributed by atoms with van der Waals surface area (Å²) < 4.78 is 20.5. The number of methoxy groups -OCH3 is 1. The fourth-order valence-electron chi connectivity index (χ4n) is 3.47. The van der Waals surface area contributed by atoms with E-state index in [1.807, 2.05) is 34.9 Å². The van der Waals surface area contributed by atoms with E-state index in [9.17, 15) is 9.18 Å². The number of benzene rings is 2. The molecule has 0 bridgehead atoms. The third-order valence-corrected chi connectivity index (χ3v) is 4.99. The third kappa shape index (κ3) is 5.06. The Balaban J connectivity index is 1.44. The highest BCUT2D eigenvalue weighted by Crippen LogP contribution is 2.19. The van der Waals surface area contributed by atoms with Gasteiger partial charge in [0.05, 0.1) is 13.7 Å². The van der Waals surface area contributed by atoms with E-state index in [4.69, 9.17) is 9.72 Å². The largest absolute Gasteiger partial charge is 0.497 e. The van der Waals surface area contributed by atoms with Crippen LogP contribution in [0.1, 0.15) is 24.2 Å². The molecule has 158 valence electrons. The van der Waals surface area contributed by atoms with E-state index in [0.29, 0.717) is 37.2 Å². The van der Waals surface area contributed by atoms with Crippen molar-refractivity contribution in [2.75, 3.05) is 12.4 Å². The molecule has 1 amide bonds. The molecule has 0 spiro atoms. The standard InChI is InChI=1S/C24H23FN4O2/c1-31-20-6-2-5-19(15-20)27-23(30)9-3-8-22-28-21-7-4-14-26-24(21)29(22)16-17-10-12-18(25)13-11-17/h2,4-7,10-15H,3,8-9,16H2,1H3,(H,27,30). The third-order valence-electron chi connectivity index (χ3n) is 4.99. The summed E-state index contributed by atoms with van der Waals surface area (Å²) in [4.78, 5) is 21.5. The molecule has 0 aliphatic carbocycles. The Kier molecular flexibility index (Phi) is 6.21. The molecule has 31 heavy (non-hydrogen) atoms. The van der Waals surface area contributed by atoms with Gasteiger partial charge in [-0.15, -0.1) is 0 Å². The van der Waals surface area contributed by atoms with Gasteiger partial charge in [-0.05, 0) is 48.4 Å². The van der Waals surface area contributed by atoms with Crippen LogP contribution < -0.4 is 10.1 Å². The minimum atomic E-state index is -0.264. The van der Waals surface area contributed by atoms with E-state index in [0.717, 1.165) is 22.6 Å². The summed E-state index contributed by atoms with van der Waals surface area (Å²) in [5.74, 6) is 1.22. The highest BCUT2D eigenvalue weighted by Gasteiger charge is 2.13. The monoisotopic (exact) mass is 418 g/mol. The number of carbonyl (C=O) groups excluding carboxylic acids is 1. The average Bonchev–Trinajstić information content (AvgIpc) is 3.12. The summed E-state index contributed by atoms with van der Waals surface area (Å²) in [6, 6.07) is 17.5. The van der Waals surface area contributed by atoms with E-state index >= 15 is 0 Å². The maximum absolute atomic E-state index is 13.3. The first-order chi connectivity index (χ1) is 15.1. The van der Waals surface area contributed by atoms with Crippen molar-refractivity contribution >= 4 is 22.8 Å². The molecular weight excluding hydrogens is 395 g/mol. The predicted molar refractivity (Wildman–Crippen MR) is 118 cm³/mol. The number of imidazole rings is 1. The van der Waals surface area contributed by atoms with Gasteiger partial charge in [0.1, 0.15) is 22.9 Å². The molecule has 2 aromatic heterocycles. The quantitative estimate of drug-likeness (QED) is 0.454. The number of hydrogen-bond acceptors (Lipinski definition) is 4. The second kappa shape index (κ2) is 9.38. The molecule has 2 aromatic carbocycles. The molecule has 7 heteroatoms. The van der Waals surface area contributed by atoms with Crippen LogP contribution >= 0.6 is 0 Å². The maximum atomic E-state index is 13.3. The number of anilines is 1. The van der Waals surface area contributed by atoms with Crippen molar-refractivity contribution in [2.45, 2.75) is 25.8 Å². The summed E-state index contributed by atoms with van der Waals surface area (Å²) in [6.45, 7) is 0.541. The zero-order chi connectivity index (χ0) is 21.6. The molecule has 0 aliphatic rings. The lowest BCUT2D eigenvalue weighted by molar-refractivity contribution is -0.116. The molecule has 0 saturated carbocycles. The molecule has 0 unspecified atom stereocenters. The van der Waals surface area contributed by atoms with Crippen LogP contribution in [0.4, 0.5) is 10.1 Å². The molecular formula is C24H23FN4O2. The molecule has 4 rings (SSSR count). The number of ether oxygens (including phenoxy) is 1. The minimum Gasteiger partial charge on any atom is -0.497 e. The lowest BCUT2D eigenvalue weighted by atomic mass is 10.2. The topological polar surface area (TPSA) is 69.0 Å². The first kappa shape index (κ1) is 20.5. The van der Waals surface area contributed by atoms with Gasteiger partial charge in [0.15, 0.2) is 5.65 Å². The van der Waals surface area contributed by atoms with Gasteiger partial charge in [0, 0.05) is 30.8 Å². The van der Waals surface area contributed by atoms with Gasteiger partial charge < -0.3 is 14.6 Å². The number of aromatic nitrogens is 3. The van der Waals surface area contributed by atoms with Crippen LogP contribution in [0.3, 0.4) is 0 Å². The van der Waals surface area contributed by atoms with Crippen LogP contribution in [0.15, 0.2) is 66.9 Å². The molecule has 0 aliphatic heterocycles. The second-order valence-corrected chi connectivity index (χ2v) is 7.22. The van der Waals surface area contributed by atoms with Crippen molar-refractivity contribution in [1.82, 2.24) is 14.5 Å². The Morgan fingerprint density at radius 2 is 1.97 bits per heavy atom. The summed E-state index contributed by atoms with van der Waals surface area (Å²) in [6.07, 6.45) is 3.37. The number of nitrogens with one attached hydrogen (secondary N) is 1. The van der Waals surface area contributed by atoms with Crippen LogP contribution in [0.2, 0.25) is 0 Å². The SMILES string of the molecule is COc1cccc(NC(=O)CCCc2nc3cccnc3n2Cc2ccc(F)cc2)c1. The number of pyridine rings is 1. The predicted octanol–water partition coefficient (Wildman–Crippen LogP) is 4.59. The zero-order valence-corrected chi connectivity index (χ0v) is 17.2. The van der Waals surface area contributed by atoms with Gasteiger partial charge in [-0.1, -0.05) is 18.2 Å². The van der Waals surface area contributed by atoms with E-state index < -0.39 is 0 Å². The Bertz CT molecular complexity index is 1190. The normalized spacial score (nSPS) is 10.9. The number of amides is 1. The van der Waals surface area contributed by atoms with E-state index in [1.54, 1.807) is 31.5 Å². The number of nitrogens with zero attached hydrogens (tertiary/aromatic N) is 3. The Morgan fingerprint density at radius 1 is 1.13 bits per heavy atom. The fraction of sp³-hybridized carbons (Fsp3) is 0.208. The van der Waals surface area contributed by atoms with Crippen LogP contribution in [0.5, 0.6) is 5.75 Å².